The van der Waals surface area contributed by atoms with Gasteiger partial charge in [0.15, 0.2) is 0 Å². The van der Waals surface area contributed by atoms with E-state index in [0.717, 1.165) is 30.8 Å². The molecule has 0 spiro atoms. The normalized spacial score (nSPS) is 27.4. The summed E-state index contributed by atoms with van der Waals surface area (Å²) in [6.07, 6.45) is 7.87. The predicted octanol–water partition coefficient (Wildman–Crippen LogP) is 2.91. The molecule has 0 saturated heterocycles. The zero-order chi connectivity index (χ0) is 12.0. The average molecular weight is 227 g/mol. The van der Waals surface area contributed by atoms with Crippen molar-refractivity contribution in [1.29, 1.82) is 0 Å². The third-order valence-corrected chi connectivity index (χ3v) is 4.12. The highest BCUT2D eigenvalue weighted by Gasteiger charge is 2.28. The zero-order valence-corrected chi connectivity index (χ0v) is 11.3. The first kappa shape index (κ1) is 14.0. The van der Waals surface area contributed by atoms with Gasteiger partial charge in [-0.1, -0.05) is 33.1 Å². The van der Waals surface area contributed by atoms with E-state index in [1.54, 1.807) is 0 Å². The molecule has 0 bridgehead atoms. The third kappa shape index (κ3) is 4.06. The van der Waals surface area contributed by atoms with Crippen LogP contribution in [0.1, 0.15) is 52.4 Å². The van der Waals surface area contributed by atoms with Gasteiger partial charge in [0, 0.05) is 19.2 Å². The first-order chi connectivity index (χ1) is 7.66. The van der Waals surface area contributed by atoms with Crippen LogP contribution in [0, 0.1) is 11.8 Å². The van der Waals surface area contributed by atoms with Gasteiger partial charge in [0.1, 0.15) is 0 Å². The van der Waals surface area contributed by atoms with Crippen LogP contribution in [0.5, 0.6) is 0 Å². The lowest BCUT2D eigenvalue weighted by molar-refractivity contribution is 0.125. The second-order valence-electron chi connectivity index (χ2n) is 5.67. The van der Waals surface area contributed by atoms with Crippen LogP contribution >= 0.6 is 0 Å². The predicted molar refractivity (Wildman–Crippen MR) is 69.5 cm³/mol. The van der Waals surface area contributed by atoms with Crippen LogP contribution in [0.2, 0.25) is 0 Å². The van der Waals surface area contributed by atoms with Crippen LogP contribution < -0.4 is 0 Å². The van der Waals surface area contributed by atoms with Crippen molar-refractivity contribution < 1.29 is 5.11 Å². The number of aliphatic hydroxyl groups is 1. The molecule has 2 unspecified atom stereocenters. The van der Waals surface area contributed by atoms with E-state index in [2.05, 4.69) is 25.8 Å². The number of hydrogen-bond acceptors (Lipinski definition) is 2. The van der Waals surface area contributed by atoms with Gasteiger partial charge in [-0.2, -0.15) is 0 Å². The molecule has 1 rings (SSSR count). The quantitative estimate of drug-likeness (QED) is 0.730. The molecule has 0 aromatic carbocycles. The Morgan fingerprint density at radius 2 is 1.88 bits per heavy atom. The van der Waals surface area contributed by atoms with Crippen molar-refractivity contribution in [2.75, 3.05) is 20.2 Å². The topological polar surface area (TPSA) is 23.5 Å². The Morgan fingerprint density at radius 1 is 1.19 bits per heavy atom. The van der Waals surface area contributed by atoms with Gasteiger partial charge in [0.2, 0.25) is 0 Å². The van der Waals surface area contributed by atoms with Crippen LogP contribution in [-0.2, 0) is 0 Å². The maximum Gasteiger partial charge on any atom is 0.0443 e. The van der Waals surface area contributed by atoms with Gasteiger partial charge >= 0.3 is 0 Å². The lowest BCUT2D eigenvalue weighted by Gasteiger charge is -2.35. The van der Waals surface area contributed by atoms with Gasteiger partial charge in [-0.3, -0.25) is 0 Å². The molecular weight excluding hydrogens is 198 g/mol. The Balaban J connectivity index is 2.55. The lowest BCUT2D eigenvalue weighted by Crippen LogP contribution is -2.40. The summed E-state index contributed by atoms with van der Waals surface area (Å²) in [5, 5.41) is 8.92. The van der Waals surface area contributed by atoms with Crippen LogP contribution in [0.4, 0.5) is 0 Å². The van der Waals surface area contributed by atoms with Crippen LogP contribution in [0.15, 0.2) is 0 Å². The number of aliphatic hydroxyl groups excluding tert-OH is 1. The molecule has 2 atom stereocenters. The number of nitrogens with zero attached hydrogens (tertiary/aromatic N) is 1. The van der Waals surface area contributed by atoms with E-state index in [9.17, 15) is 0 Å². The van der Waals surface area contributed by atoms with Crippen LogP contribution in [0.3, 0.4) is 0 Å². The summed E-state index contributed by atoms with van der Waals surface area (Å²) in [5.41, 5.74) is 0. The van der Waals surface area contributed by atoms with Gasteiger partial charge in [-0.05, 0) is 38.1 Å². The highest BCUT2D eigenvalue weighted by molar-refractivity contribution is 4.82. The Labute approximate surface area is 101 Å². The molecule has 2 nitrogen and oxygen atoms in total. The standard InChI is InChI=1S/C14H29NO/c1-12(2)13-8-5-4-6-9-14(13)15(3)10-7-11-16/h12-14,16H,4-11H2,1-3H3. The average Bonchev–Trinajstić information content (AvgIpc) is 2.50. The first-order valence-corrected chi connectivity index (χ1v) is 6.98. The SMILES string of the molecule is CC(C)C1CCCCCC1N(C)CCCO. The van der Waals surface area contributed by atoms with Gasteiger partial charge in [0.05, 0.1) is 0 Å². The monoisotopic (exact) mass is 227 g/mol. The third-order valence-electron chi connectivity index (χ3n) is 4.12. The molecule has 1 aliphatic carbocycles. The fourth-order valence-corrected chi connectivity index (χ4v) is 3.13. The Kier molecular flexibility index (Phi) is 6.37. The second kappa shape index (κ2) is 7.29. The summed E-state index contributed by atoms with van der Waals surface area (Å²) >= 11 is 0. The Hall–Kier alpha value is -0.0800. The molecule has 1 aliphatic rings. The van der Waals surface area contributed by atoms with Crippen molar-refractivity contribution >= 4 is 0 Å². The van der Waals surface area contributed by atoms with E-state index in [1.807, 2.05) is 0 Å². The van der Waals surface area contributed by atoms with E-state index in [0.29, 0.717) is 6.61 Å². The molecular formula is C14H29NO. The van der Waals surface area contributed by atoms with Gasteiger partial charge in [-0.15, -0.1) is 0 Å². The van der Waals surface area contributed by atoms with Gasteiger partial charge < -0.3 is 10.0 Å². The minimum Gasteiger partial charge on any atom is -0.396 e. The van der Waals surface area contributed by atoms with E-state index in [-0.39, 0.29) is 0 Å². The minimum absolute atomic E-state index is 0.323. The molecule has 1 N–H and O–H groups in total. The highest BCUT2D eigenvalue weighted by atomic mass is 16.3. The molecule has 1 fully saturated rings. The molecule has 0 amide bonds. The number of rotatable bonds is 5. The molecule has 1 saturated carbocycles. The van der Waals surface area contributed by atoms with Crippen molar-refractivity contribution in [3.63, 3.8) is 0 Å². The second-order valence-corrected chi connectivity index (χ2v) is 5.67. The summed E-state index contributed by atoms with van der Waals surface area (Å²) in [7, 11) is 2.24. The Bertz CT molecular complexity index is 182. The van der Waals surface area contributed by atoms with Crippen molar-refractivity contribution in [2.45, 2.75) is 58.4 Å². The maximum absolute atomic E-state index is 8.92. The fourth-order valence-electron chi connectivity index (χ4n) is 3.13. The smallest absolute Gasteiger partial charge is 0.0443 e. The summed E-state index contributed by atoms with van der Waals surface area (Å²) in [6.45, 7) is 6.10. The fraction of sp³-hybridized carbons (Fsp3) is 1.00. The molecule has 96 valence electrons. The zero-order valence-electron chi connectivity index (χ0n) is 11.3. The summed E-state index contributed by atoms with van der Waals surface area (Å²) in [6, 6.07) is 0.744. The summed E-state index contributed by atoms with van der Waals surface area (Å²) < 4.78 is 0. The van der Waals surface area contributed by atoms with E-state index >= 15 is 0 Å². The van der Waals surface area contributed by atoms with Crippen molar-refractivity contribution in [3.8, 4) is 0 Å². The molecule has 0 aromatic heterocycles. The summed E-state index contributed by atoms with van der Waals surface area (Å²) in [4.78, 5) is 2.49. The van der Waals surface area contributed by atoms with Crippen LogP contribution in [0.25, 0.3) is 0 Å². The van der Waals surface area contributed by atoms with E-state index < -0.39 is 0 Å². The van der Waals surface area contributed by atoms with Crippen LogP contribution in [-0.4, -0.2) is 36.2 Å². The number of hydrogen-bond donors (Lipinski definition) is 1. The molecule has 0 aliphatic heterocycles. The largest absolute Gasteiger partial charge is 0.396 e. The van der Waals surface area contributed by atoms with Crippen molar-refractivity contribution in [1.82, 2.24) is 4.90 Å². The maximum atomic E-state index is 8.92. The summed E-state index contributed by atoms with van der Waals surface area (Å²) in [5.74, 6) is 1.64. The first-order valence-electron chi connectivity index (χ1n) is 6.98. The highest BCUT2D eigenvalue weighted by Crippen LogP contribution is 2.31. The van der Waals surface area contributed by atoms with Gasteiger partial charge in [0.25, 0.3) is 0 Å². The van der Waals surface area contributed by atoms with E-state index in [1.165, 1.54) is 32.1 Å². The molecule has 0 heterocycles. The molecule has 16 heavy (non-hydrogen) atoms. The van der Waals surface area contributed by atoms with Crippen molar-refractivity contribution in [3.05, 3.63) is 0 Å². The van der Waals surface area contributed by atoms with Crippen molar-refractivity contribution in [2.24, 2.45) is 11.8 Å². The molecule has 0 radical (unpaired) electrons. The Morgan fingerprint density at radius 3 is 2.50 bits per heavy atom. The molecule has 0 aromatic rings. The lowest BCUT2D eigenvalue weighted by atomic mass is 9.84. The molecule has 2 heteroatoms. The minimum atomic E-state index is 0.323. The van der Waals surface area contributed by atoms with E-state index in [4.69, 9.17) is 5.11 Å². The van der Waals surface area contributed by atoms with Gasteiger partial charge in [-0.25, -0.2) is 0 Å².